The first-order valence-corrected chi connectivity index (χ1v) is 12.1. The molecule has 0 aliphatic heterocycles. The smallest absolute Gasteiger partial charge is 0.0126 e. The average Bonchev–Trinajstić information content (AvgIpc) is 2.57. The molecule has 0 N–H and O–H groups in total. The molecule has 0 aliphatic carbocycles. The van der Waals surface area contributed by atoms with Crippen LogP contribution in [0.15, 0.2) is 36.4 Å². The van der Waals surface area contributed by atoms with Gasteiger partial charge < -0.3 is 0 Å². The van der Waals surface area contributed by atoms with Crippen molar-refractivity contribution >= 4 is 0 Å². The zero-order valence-corrected chi connectivity index (χ0v) is 22.7. The van der Waals surface area contributed by atoms with Crippen LogP contribution in [0.1, 0.15) is 129 Å². The van der Waals surface area contributed by atoms with Gasteiger partial charge in [-0.3, -0.25) is 0 Å². The Morgan fingerprint density at radius 3 is 1.32 bits per heavy atom. The van der Waals surface area contributed by atoms with E-state index in [1.807, 2.05) is 0 Å². The molecule has 0 heteroatoms. The van der Waals surface area contributed by atoms with E-state index in [1.165, 1.54) is 22.3 Å². The van der Waals surface area contributed by atoms with E-state index in [0.29, 0.717) is 5.92 Å². The standard InChI is InChI=1S/C31H48/c1-21(26-23(28(2,3)4)17-15-18-24(26)29(5,6)7)20-22-16-14-19-25(30(8,9)10)27(22)31(11,12)13/h14-19,21H,20H2,1-13H3. The third-order valence-electron chi connectivity index (χ3n) is 6.45. The molecule has 0 radical (unpaired) electrons. The van der Waals surface area contributed by atoms with Crippen LogP contribution < -0.4 is 0 Å². The Morgan fingerprint density at radius 1 is 0.548 bits per heavy atom. The van der Waals surface area contributed by atoms with Gasteiger partial charge in [0.05, 0.1) is 0 Å². The van der Waals surface area contributed by atoms with Crippen molar-refractivity contribution in [1.82, 2.24) is 0 Å². The number of hydrogen-bond donors (Lipinski definition) is 0. The molecule has 0 bridgehead atoms. The van der Waals surface area contributed by atoms with Crippen molar-refractivity contribution in [3.05, 3.63) is 69.8 Å². The first kappa shape index (κ1) is 25.7. The van der Waals surface area contributed by atoms with Crippen LogP contribution >= 0.6 is 0 Å². The highest BCUT2D eigenvalue weighted by Crippen LogP contribution is 2.42. The van der Waals surface area contributed by atoms with Gasteiger partial charge in [0.15, 0.2) is 0 Å². The van der Waals surface area contributed by atoms with Gasteiger partial charge in [0.2, 0.25) is 0 Å². The highest BCUT2D eigenvalue weighted by atomic mass is 14.4. The first-order valence-electron chi connectivity index (χ1n) is 12.1. The van der Waals surface area contributed by atoms with Gasteiger partial charge in [0.25, 0.3) is 0 Å². The maximum Gasteiger partial charge on any atom is -0.0126 e. The van der Waals surface area contributed by atoms with Crippen LogP contribution in [0.25, 0.3) is 0 Å². The molecule has 2 aromatic rings. The van der Waals surface area contributed by atoms with Gasteiger partial charge in [0.1, 0.15) is 0 Å². The molecule has 0 saturated heterocycles. The summed E-state index contributed by atoms with van der Waals surface area (Å²) in [4.78, 5) is 0. The Kier molecular flexibility index (Phi) is 6.98. The molecule has 1 unspecified atom stereocenters. The summed E-state index contributed by atoms with van der Waals surface area (Å²) in [5, 5.41) is 0. The third kappa shape index (κ3) is 5.82. The highest BCUT2D eigenvalue weighted by Gasteiger charge is 2.31. The Bertz CT molecular complexity index is 867. The van der Waals surface area contributed by atoms with Crippen LogP contribution in [0.2, 0.25) is 0 Å². The summed E-state index contributed by atoms with van der Waals surface area (Å²) in [5.41, 5.74) is 9.62. The predicted octanol–water partition coefficient (Wildman–Crippen LogP) is 9.22. The Morgan fingerprint density at radius 2 is 0.935 bits per heavy atom. The molecule has 0 amide bonds. The molecule has 0 saturated carbocycles. The van der Waals surface area contributed by atoms with Gasteiger partial charge in [-0.15, -0.1) is 0 Å². The summed E-state index contributed by atoms with van der Waals surface area (Å²) in [6.45, 7) is 30.7. The second kappa shape index (κ2) is 8.42. The van der Waals surface area contributed by atoms with E-state index in [0.717, 1.165) is 6.42 Å². The van der Waals surface area contributed by atoms with E-state index in [2.05, 4.69) is 126 Å². The fourth-order valence-electron chi connectivity index (χ4n) is 5.12. The molecule has 0 aromatic heterocycles. The van der Waals surface area contributed by atoms with Crippen LogP contribution in [0.4, 0.5) is 0 Å². The largest absolute Gasteiger partial charge is 0.0617 e. The fourth-order valence-corrected chi connectivity index (χ4v) is 5.12. The van der Waals surface area contributed by atoms with Crippen molar-refractivity contribution in [2.45, 2.75) is 124 Å². The molecule has 0 aliphatic rings. The van der Waals surface area contributed by atoms with E-state index in [1.54, 1.807) is 11.1 Å². The van der Waals surface area contributed by atoms with Gasteiger partial charge >= 0.3 is 0 Å². The average molecular weight is 421 g/mol. The van der Waals surface area contributed by atoms with Crippen molar-refractivity contribution in [3.8, 4) is 0 Å². The Balaban J connectivity index is 2.71. The predicted molar refractivity (Wildman–Crippen MR) is 140 cm³/mol. The minimum atomic E-state index is 0.120. The van der Waals surface area contributed by atoms with E-state index >= 15 is 0 Å². The normalized spacial score (nSPS) is 14.6. The summed E-state index contributed by atoms with van der Waals surface area (Å²) in [6, 6.07) is 14.0. The van der Waals surface area contributed by atoms with Gasteiger partial charge in [-0.05, 0) is 67.4 Å². The summed E-state index contributed by atoms with van der Waals surface area (Å²) >= 11 is 0. The van der Waals surface area contributed by atoms with Crippen molar-refractivity contribution in [2.75, 3.05) is 0 Å². The highest BCUT2D eigenvalue weighted by molar-refractivity contribution is 5.48. The lowest BCUT2D eigenvalue weighted by Crippen LogP contribution is -2.26. The van der Waals surface area contributed by atoms with E-state index < -0.39 is 0 Å². The zero-order valence-electron chi connectivity index (χ0n) is 22.7. The second-order valence-corrected chi connectivity index (χ2v) is 13.7. The van der Waals surface area contributed by atoms with Crippen molar-refractivity contribution in [2.24, 2.45) is 0 Å². The van der Waals surface area contributed by atoms with Crippen LogP contribution in [0, 0.1) is 0 Å². The lowest BCUT2D eigenvalue weighted by Gasteiger charge is -2.35. The molecule has 31 heavy (non-hydrogen) atoms. The van der Waals surface area contributed by atoms with Crippen LogP contribution in [-0.2, 0) is 28.1 Å². The van der Waals surface area contributed by atoms with Crippen molar-refractivity contribution in [1.29, 1.82) is 0 Å². The van der Waals surface area contributed by atoms with E-state index in [-0.39, 0.29) is 21.7 Å². The molecular formula is C31H48. The number of benzene rings is 2. The molecule has 172 valence electrons. The van der Waals surface area contributed by atoms with E-state index in [4.69, 9.17) is 0 Å². The minimum Gasteiger partial charge on any atom is -0.0617 e. The Labute approximate surface area is 193 Å². The molecule has 1 atom stereocenters. The number of rotatable bonds is 3. The van der Waals surface area contributed by atoms with Gasteiger partial charge in [0, 0.05) is 0 Å². The van der Waals surface area contributed by atoms with Crippen molar-refractivity contribution in [3.63, 3.8) is 0 Å². The quantitative estimate of drug-likeness (QED) is 0.464. The molecular weight excluding hydrogens is 372 g/mol. The second-order valence-electron chi connectivity index (χ2n) is 13.7. The molecule has 2 rings (SSSR count). The van der Waals surface area contributed by atoms with Gasteiger partial charge in [-0.2, -0.15) is 0 Å². The summed E-state index contributed by atoms with van der Waals surface area (Å²) < 4.78 is 0. The molecule has 0 heterocycles. The fraction of sp³-hybridized carbons (Fsp3) is 0.613. The lowest BCUT2D eigenvalue weighted by atomic mass is 9.69. The summed E-state index contributed by atoms with van der Waals surface area (Å²) in [7, 11) is 0. The minimum absolute atomic E-state index is 0.120. The lowest BCUT2D eigenvalue weighted by molar-refractivity contribution is 0.517. The summed E-state index contributed by atoms with van der Waals surface area (Å²) in [5.74, 6) is 0.459. The van der Waals surface area contributed by atoms with Gasteiger partial charge in [-0.1, -0.05) is 126 Å². The van der Waals surface area contributed by atoms with Crippen LogP contribution in [-0.4, -0.2) is 0 Å². The first-order chi connectivity index (χ1) is 13.8. The van der Waals surface area contributed by atoms with E-state index in [9.17, 15) is 0 Å². The monoisotopic (exact) mass is 420 g/mol. The van der Waals surface area contributed by atoms with Crippen molar-refractivity contribution < 1.29 is 0 Å². The molecule has 0 fully saturated rings. The SMILES string of the molecule is CC(Cc1cccc(C(C)(C)C)c1C(C)(C)C)c1c(C(C)(C)C)cccc1C(C)(C)C. The van der Waals surface area contributed by atoms with Gasteiger partial charge in [-0.25, -0.2) is 0 Å². The maximum absolute atomic E-state index is 2.44. The Hall–Kier alpha value is -1.56. The summed E-state index contributed by atoms with van der Waals surface area (Å²) in [6.07, 6.45) is 1.08. The number of hydrogen-bond acceptors (Lipinski definition) is 0. The zero-order chi connectivity index (χ0) is 24.0. The third-order valence-corrected chi connectivity index (χ3v) is 6.45. The van der Waals surface area contributed by atoms with Crippen LogP contribution in [0.3, 0.4) is 0 Å². The molecule has 0 spiro atoms. The van der Waals surface area contributed by atoms with Crippen LogP contribution in [0.5, 0.6) is 0 Å². The molecule has 0 nitrogen and oxygen atoms in total. The maximum atomic E-state index is 2.44. The molecule has 2 aromatic carbocycles. The topological polar surface area (TPSA) is 0 Å².